The van der Waals surface area contributed by atoms with Gasteiger partial charge in [-0.1, -0.05) is 48.0 Å². The largest absolute Gasteiger partial charge is 0.334 e. The van der Waals surface area contributed by atoms with E-state index in [0.717, 1.165) is 11.1 Å². The Morgan fingerprint density at radius 3 is 2.54 bits per heavy atom. The van der Waals surface area contributed by atoms with Crippen LogP contribution in [0.1, 0.15) is 25.8 Å². The van der Waals surface area contributed by atoms with E-state index < -0.39 is 10.0 Å². The molecule has 1 atom stereocenters. The lowest BCUT2D eigenvalue weighted by molar-refractivity contribution is 0.432. The Balaban J connectivity index is 1.90. The van der Waals surface area contributed by atoms with Gasteiger partial charge in [-0.25, -0.2) is 13.1 Å². The lowest BCUT2D eigenvalue weighted by atomic mass is 10.1. The van der Waals surface area contributed by atoms with Crippen LogP contribution in [0.5, 0.6) is 0 Å². The summed E-state index contributed by atoms with van der Waals surface area (Å²) < 4.78 is 32.9. The number of hydrogen-bond acceptors (Lipinski definition) is 5. The first kappa shape index (κ1) is 18.3. The highest BCUT2D eigenvalue weighted by atomic mass is 32.2. The summed E-state index contributed by atoms with van der Waals surface area (Å²) in [6.07, 6.45) is 0.711. The van der Waals surface area contributed by atoms with E-state index in [4.69, 9.17) is 4.52 Å². The number of sulfonamides is 1. The molecule has 0 aliphatic carbocycles. The fraction of sp³-hybridized carbons (Fsp3) is 0.263. The first-order valence-corrected chi connectivity index (χ1v) is 9.91. The molecule has 0 spiro atoms. The first-order valence-electron chi connectivity index (χ1n) is 8.42. The molecule has 2 aromatic carbocycles. The van der Waals surface area contributed by atoms with Crippen molar-refractivity contribution in [1.82, 2.24) is 14.9 Å². The zero-order valence-corrected chi connectivity index (χ0v) is 15.7. The Morgan fingerprint density at radius 2 is 1.85 bits per heavy atom. The van der Waals surface area contributed by atoms with Crippen LogP contribution in [0.25, 0.3) is 22.8 Å². The van der Waals surface area contributed by atoms with Crippen LogP contribution >= 0.6 is 0 Å². The van der Waals surface area contributed by atoms with E-state index in [1.54, 1.807) is 18.2 Å². The minimum Gasteiger partial charge on any atom is -0.334 e. The minimum absolute atomic E-state index is 0.139. The van der Waals surface area contributed by atoms with Crippen LogP contribution in [0.2, 0.25) is 0 Å². The molecule has 0 amide bonds. The van der Waals surface area contributed by atoms with Crippen LogP contribution in [0, 0.1) is 6.92 Å². The monoisotopic (exact) mass is 371 g/mol. The van der Waals surface area contributed by atoms with Gasteiger partial charge >= 0.3 is 0 Å². The topological polar surface area (TPSA) is 85.1 Å². The van der Waals surface area contributed by atoms with Gasteiger partial charge in [-0.05, 0) is 38.5 Å². The highest BCUT2D eigenvalue weighted by Gasteiger charge is 2.18. The highest BCUT2D eigenvalue weighted by molar-refractivity contribution is 7.89. The van der Waals surface area contributed by atoms with Crippen molar-refractivity contribution in [3.8, 4) is 22.8 Å². The van der Waals surface area contributed by atoms with Gasteiger partial charge in [0, 0.05) is 17.2 Å². The molecule has 3 rings (SSSR count). The number of hydrogen-bond donors (Lipinski definition) is 1. The number of aromatic nitrogens is 2. The third-order valence-corrected chi connectivity index (χ3v) is 5.68. The van der Waals surface area contributed by atoms with Gasteiger partial charge in [0.1, 0.15) is 0 Å². The molecule has 0 bridgehead atoms. The van der Waals surface area contributed by atoms with Crippen LogP contribution in [-0.4, -0.2) is 24.6 Å². The Kier molecular flexibility index (Phi) is 5.20. The standard InChI is InChI=1S/C19H21N3O3S/c1-4-14(3)22-26(23,24)17-7-5-6-16(12-17)19-20-18(21-25-19)15-10-8-13(2)9-11-15/h5-12,14,22H,4H2,1-3H3. The molecular formula is C19H21N3O3S. The average molecular weight is 371 g/mol. The minimum atomic E-state index is -3.59. The number of nitrogens with zero attached hydrogens (tertiary/aromatic N) is 2. The van der Waals surface area contributed by atoms with E-state index >= 15 is 0 Å². The molecule has 3 aromatic rings. The summed E-state index contributed by atoms with van der Waals surface area (Å²) >= 11 is 0. The lowest BCUT2D eigenvalue weighted by Crippen LogP contribution is -2.31. The molecule has 1 aromatic heterocycles. The quantitative estimate of drug-likeness (QED) is 0.712. The maximum absolute atomic E-state index is 12.5. The number of benzene rings is 2. The molecule has 26 heavy (non-hydrogen) atoms. The van der Waals surface area contributed by atoms with E-state index in [0.29, 0.717) is 17.8 Å². The van der Waals surface area contributed by atoms with Crippen LogP contribution in [-0.2, 0) is 10.0 Å². The molecule has 0 aliphatic rings. The van der Waals surface area contributed by atoms with Crippen molar-refractivity contribution in [1.29, 1.82) is 0 Å². The predicted molar refractivity (Wildman–Crippen MR) is 100.0 cm³/mol. The smallest absolute Gasteiger partial charge is 0.258 e. The van der Waals surface area contributed by atoms with Crippen molar-refractivity contribution in [2.24, 2.45) is 0 Å². The van der Waals surface area contributed by atoms with Gasteiger partial charge in [-0.2, -0.15) is 4.98 Å². The maximum atomic E-state index is 12.5. The Hall–Kier alpha value is -2.51. The summed E-state index contributed by atoms with van der Waals surface area (Å²) in [7, 11) is -3.59. The van der Waals surface area contributed by atoms with Crippen LogP contribution in [0.3, 0.4) is 0 Å². The van der Waals surface area contributed by atoms with E-state index in [1.165, 1.54) is 6.07 Å². The molecule has 0 aliphatic heterocycles. The highest BCUT2D eigenvalue weighted by Crippen LogP contribution is 2.24. The molecule has 7 heteroatoms. The Bertz CT molecular complexity index is 995. The number of aryl methyl sites for hydroxylation is 1. The van der Waals surface area contributed by atoms with Crippen molar-refractivity contribution in [2.75, 3.05) is 0 Å². The van der Waals surface area contributed by atoms with E-state index in [9.17, 15) is 8.42 Å². The molecule has 0 saturated carbocycles. The van der Waals surface area contributed by atoms with Crippen LogP contribution < -0.4 is 4.72 Å². The van der Waals surface area contributed by atoms with Crippen molar-refractivity contribution >= 4 is 10.0 Å². The second-order valence-electron chi connectivity index (χ2n) is 6.25. The second kappa shape index (κ2) is 7.39. The second-order valence-corrected chi connectivity index (χ2v) is 7.96. The summed E-state index contributed by atoms with van der Waals surface area (Å²) in [4.78, 5) is 4.56. The van der Waals surface area contributed by atoms with E-state index in [1.807, 2.05) is 45.0 Å². The molecular weight excluding hydrogens is 350 g/mol. The zero-order valence-electron chi connectivity index (χ0n) is 14.9. The predicted octanol–water partition coefficient (Wildman–Crippen LogP) is 3.79. The van der Waals surface area contributed by atoms with Crippen molar-refractivity contribution in [2.45, 2.75) is 38.1 Å². The van der Waals surface area contributed by atoms with E-state index in [2.05, 4.69) is 14.9 Å². The summed E-state index contributed by atoms with van der Waals surface area (Å²) in [6.45, 7) is 5.76. The van der Waals surface area contributed by atoms with Gasteiger partial charge in [0.2, 0.25) is 15.8 Å². The molecule has 1 N–H and O–H groups in total. The summed E-state index contributed by atoms with van der Waals surface area (Å²) in [6, 6.07) is 14.1. The van der Waals surface area contributed by atoms with Crippen molar-refractivity contribution < 1.29 is 12.9 Å². The van der Waals surface area contributed by atoms with Crippen LogP contribution in [0.4, 0.5) is 0 Å². The van der Waals surface area contributed by atoms with Gasteiger partial charge < -0.3 is 4.52 Å². The van der Waals surface area contributed by atoms with Gasteiger partial charge in [0.25, 0.3) is 5.89 Å². The fourth-order valence-corrected chi connectivity index (χ4v) is 3.75. The van der Waals surface area contributed by atoms with Gasteiger partial charge in [0.05, 0.1) is 4.90 Å². The third kappa shape index (κ3) is 4.00. The Morgan fingerprint density at radius 1 is 1.12 bits per heavy atom. The maximum Gasteiger partial charge on any atom is 0.258 e. The number of nitrogens with one attached hydrogen (secondary N) is 1. The molecule has 1 heterocycles. The average Bonchev–Trinajstić information content (AvgIpc) is 3.12. The third-order valence-electron chi connectivity index (χ3n) is 4.10. The number of rotatable bonds is 6. The zero-order chi connectivity index (χ0) is 18.7. The SMILES string of the molecule is CCC(C)NS(=O)(=O)c1cccc(-c2nc(-c3ccc(C)cc3)no2)c1. The first-order chi connectivity index (χ1) is 12.4. The van der Waals surface area contributed by atoms with Gasteiger partial charge in [-0.3, -0.25) is 0 Å². The molecule has 136 valence electrons. The summed E-state index contributed by atoms with van der Waals surface area (Å²) in [5.41, 5.74) is 2.54. The molecule has 0 saturated heterocycles. The summed E-state index contributed by atoms with van der Waals surface area (Å²) in [5.74, 6) is 0.743. The van der Waals surface area contributed by atoms with Gasteiger partial charge in [0.15, 0.2) is 0 Å². The van der Waals surface area contributed by atoms with Crippen molar-refractivity contribution in [3.63, 3.8) is 0 Å². The fourth-order valence-electron chi connectivity index (χ4n) is 2.37. The Labute approximate surface area is 153 Å². The molecule has 0 radical (unpaired) electrons. The lowest BCUT2D eigenvalue weighted by Gasteiger charge is -2.12. The van der Waals surface area contributed by atoms with E-state index in [-0.39, 0.29) is 16.8 Å². The van der Waals surface area contributed by atoms with Crippen LogP contribution in [0.15, 0.2) is 57.9 Å². The van der Waals surface area contributed by atoms with Gasteiger partial charge in [-0.15, -0.1) is 0 Å². The van der Waals surface area contributed by atoms with Crippen molar-refractivity contribution in [3.05, 3.63) is 54.1 Å². The molecule has 6 nitrogen and oxygen atoms in total. The molecule has 0 fully saturated rings. The normalized spacial score (nSPS) is 12.9. The summed E-state index contributed by atoms with van der Waals surface area (Å²) in [5, 5.41) is 3.99. The molecule has 1 unspecified atom stereocenters.